The summed E-state index contributed by atoms with van der Waals surface area (Å²) in [7, 11) is 0.00663. The van der Waals surface area contributed by atoms with Crippen molar-refractivity contribution in [3.63, 3.8) is 0 Å². The SMILES string of the molecule is CC.Cn1nc(NS(C)=O)c2c(Cl)ccc(-c3ccc(NCCO)nc3C(Cc3cc(F)cc(F)c3)NC(=O)n3nc(C(F)(F)F)c4c3C(F)(F)CC4)c21. The fourth-order valence-electron chi connectivity index (χ4n) is 6.28. The van der Waals surface area contributed by atoms with Gasteiger partial charge in [-0.05, 0) is 48.7 Å². The summed E-state index contributed by atoms with van der Waals surface area (Å²) >= 11 is 6.56. The molecule has 1 amide bonds. The fraction of sp³-hybridized carbons (Fsp3) is 0.353. The quantitative estimate of drug-likeness (QED) is 0.107. The van der Waals surface area contributed by atoms with Crippen LogP contribution in [0.3, 0.4) is 0 Å². The summed E-state index contributed by atoms with van der Waals surface area (Å²) in [6.45, 7) is 3.70. The number of hydrogen-bond donors (Lipinski definition) is 4. The van der Waals surface area contributed by atoms with Crippen LogP contribution in [0.4, 0.5) is 47.2 Å². The van der Waals surface area contributed by atoms with Crippen LogP contribution in [-0.2, 0) is 43.0 Å². The first-order chi connectivity index (χ1) is 25.5. The third kappa shape index (κ3) is 8.17. The van der Waals surface area contributed by atoms with E-state index in [0.29, 0.717) is 22.5 Å². The van der Waals surface area contributed by atoms with E-state index in [-0.39, 0.29) is 51.3 Å². The third-order valence-electron chi connectivity index (χ3n) is 8.28. The molecule has 0 saturated heterocycles. The van der Waals surface area contributed by atoms with Crippen LogP contribution >= 0.6 is 11.6 Å². The number of carbonyl (C=O) groups excluding carboxylic acids is 1. The van der Waals surface area contributed by atoms with E-state index in [9.17, 15) is 36.1 Å². The van der Waals surface area contributed by atoms with Gasteiger partial charge in [0.25, 0.3) is 5.92 Å². The Hall–Kier alpha value is -4.75. The predicted molar refractivity (Wildman–Crippen MR) is 190 cm³/mol. The molecular formula is C34H34ClF7N8O3S. The molecule has 20 heteroatoms. The Kier molecular flexibility index (Phi) is 11.9. The van der Waals surface area contributed by atoms with Crippen molar-refractivity contribution in [3.05, 3.63) is 87.3 Å². The number of pyridine rings is 1. The molecule has 1 aliphatic carbocycles. The highest BCUT2D eigenvalue weighted by molar-refractivity contribution is 7.85. The summed E-state index contributed by atoms with van der Waals surface area (Å²) in [5, 5.41) is 23.0. The molecule has 0 saturated carbocycles. The molecule has 2 aromatic carbocycles. The van der Waals surface area contributed by atoms with E-state index in [1.807, 2.05) is 13.8 Å². The lowest BCUT2D eigenvalue weighted by molar-refractivity contribution is -0.142. The molecule has 290 valence electrons. The van der Waals surface area contributed by atoms with Gasteiger partial charge in [-0.25, -0.2) is 22.8 Å². The minimum atomic E-state index is -5.16. The maximum atomic E-state index is 15.0. The van der Waals surface area contributed by atoms with Crippen molar-refractivity contribution in [1.29, 1.82) is 0 Å². The van der Waals surface area contributed by atoms with Crippen LogP contribution in [0.5, 0.6) is 0 Å². The number of aliphatic hydroxyl groups is 1. The van der Waals surface area contributed by atoms with Crippen molar-refractivity contribution in [1.82, 2.24) is 29.9 Å². The van der Waals surface area contributed by atoms with Crippen LogP contribution < -0.4 is 15.4 Å². The monoisotopic (exact) mass is 802 g/mol. The first-order valence-corrected chi connectivity index (χ1v) is 18.4. The van der Waals surface area contributed by atoms with Crippen molar-refractivity contribution < 1.29 is 44.8 Å². The smallest absolute Gasteiger partial charge is 0.395 e. The van der Waals surface area contributed by atoms with Gasteiger partial charge in [0.1, 0.15) is 34.1 Å². The number of nitrogens with zero attached hydrogens (tertiary/aromatic N) is 5. The molecule has 2 unspecified atom stereocenters. The van der Waals surface area contributed by atoms with E-state index >= 15 is 8.78 Å². The zero-order chi connectivity index (χ0) is 39.7. The number of hydrogen-bond acceptors (Lipinski definition) is 7. The molecule has 0 spiro atoms. The van der Waals surface area contributed by atoms with Gasteiger partial charge in [-0.3, -0.25) is 9.40 Å². The maximum Gasteiger partial charge on any atom is 0.435 e. The minimum absolute atomic E-state index is 0.0166. The second-order valence-corrected chi connectivity index (χ2v) is 13.4. The summed E-state index contributed by atoms with van der Waals surface area (Å²) < 4.78 is 117. The van der Waals surface area contributed by atoms with Crippen LogP contribution in [0.15, 0.2) is 42.5 Å². The molecule has 5 aromatic rings. The predicted octanol–water partition coefficient (Wildman–Crippen LogP) is 7.50. The van der Waals surface area contributed by atoms with Crippen molar-refractivity contribution in [2.24, 2.45) is 7.05 Å². The summed E-state index contributed by atoms with van der Waals surface area (Å²) in [5.41, 5.74) is -2.75. The lowest BCUT2D eigenvalue weighted by atomic mass is 9.94. The second-order valence-electron chi connectivity index (χ2n) is 11.9. The number of rotatable bonds is 10. The van der Waals surface area contributed by atoms with E-state index in [1.165, 1.54) is 23.1 Å². The summed E-state index contributed by atoms with van der Waals surface area (Å²) in [5.74, 6) is -5.48. The van der Waals surface area contributed by atoms with Crippen LogP contribution in [0, 0.1) is 11.6 Å². The number of benzene rings is 2. The molecule has 3 aromatic heterocycles. The van der Waals surface area contributed by atoms with Gasteiger partial charge in [-0.15, -0.1) is 0 Å². The lowest BCUT2D eigenvalue weighted by Crippen LogP contribution is -2.37. The maximum absolute atomic E-state index is 15.0. The molecule has 0 fully saturated rings. The number of halogens is 8. The van der Waals surface area contributed by atoms with Gasteiger partial charge < -0.3 is 15.7 Å². The molecular weight excluding hydrogens is 769 g/mol. The van der Waals surface area contributed by atoms with E-state index < -0.39 is 83.0 Å². The van der Waals surface area contributed by atoms with E-state index in [1.54, 1.807) is 19.2 Å². The van der Waals surface area contributed by atoms with Gasteiger partial charge in [-0.1, -0.05) is 31.5 Å². The molecule has 11 nitrogen and oxygen atoms in total. The highest BCUT2D eigenvalue weighted by atomic mass is 35.5. The molecule has 0 radical (unpaired) electrons. The number of nitrogens with one attached hydrogen (secondary N) is 3. The first-order valence-electron chi connectivity index (χ1n) is 16.4. The van der Waals surface area contributed by atoms with E-state index in [2.05, 4.69) is 30.5 Å². The average Bonchev–Trinajstić information content (AvgIpc) is 3.75. The van der Waals surface area contributed by atoms with Crippen LogP contribution in [0.2, 0.25) is 5.02 Å². The molecule has 54 heavy (non-hydrogen) atoms. The highest BCUT2D eigenvalue weighted by Crippen LogP contribution is 2.47. The number of anilines is 2. The third-order valence-corrected chi connectivity index (χ3v) is 9.08. The minimum Gasteiger partial charge on any atom is -0.395 e. The second kappa shape index (κ2) is 15.9. The Bertz CT molecular complexity index is 2210. The Morgan fingerprint density at radius 1 is 1.07 bits per heavy atom. The largest absolute Gasteiger partial charge is 0.435 e. The molecule has 1 aliphatic rings. The van der Waals surface area contributed by atoms with Crippen LogP contribution in [0.25, 0.3) is 22.0 Å². The molecule has 0 aliphatic heterocycles. The van der Waals surface area contributed by atoms with E-state index in [0.717, 1.165) is 12.1 Å². The van der Waals surface area contributed by atoms with Crippen LogP contribution in [0.1, 0.15) is 54.5 Å². The Balaban J connectivity index is 0.00000276. The number of aliphatic hydroxyl groups excluding tert-OH is 1. The van der Waals surface area contributed by atoms with Gasteiger partial charge in [0.2, 0.25) is 0 Å². The number of fused-ring (bicyclic) bond motifs is 2. The number of aryl methyl sites for hydroxylation is 1. The Morgan fingerprint density at radius 2 is 1.74 bits per heavy atom. The number of amides is 1. The van der Waals surface area contributed by atoms with Crippen molar-refractivity contribution in [2.75, 3.05) is 29.4 Å². The van der Waals surface area contributed by atoms with Gasteiger partial charge in [0.15, 0.2) is 11.5 Å². The number of carbonyl (C=O) groups is 1. The molecule has 4 N–H and O–H groups in total. The summed E-state index contributed by atoms with van der Waals surface area (Å²) in [6.07, 6.45) is -5.88. The van der Waals surface area contributed by atoms with Gasteiger partial charge in [-0.2, -0.15) is 36.8 Å². The standard InChI is InChI=1S/C32H28ClF7N8O3S.C2H6/c1-47-26-19(3-5-21(33)24(26)29(45-47)46-52(2)51)18-4-6-23(41-9-10-49)43-25(18)22(13-15-11-16(34)14-17(35)12-15)42-30(50)48-28-20(7-8-31(28,36)37)27(44-48)32(38,39)40;1-2/h3-6,11-12,14,22,49H,7-10,13H2,1-2H3,(H,41,43)(H,42,50)(H,45,46);1-2H3. The zero-order valence-electron chi connectivity index (χ0n) is 29.1. The average molecular weight is 803 g/mol. The Morgan fingerprint density at radius 3 is 2.37 bits per heavy atom. The van der Waals surface area contributed by atoms with Gasteiger partial charge >= 0.3 is 12.2 Å². The molecule has 3 heterocycles. The first kappa shape index (κ1) is 40.4. The summed E-state index contributed by atoms with van der Waals surface area (Å²) in [6, 6.07) is 5.73. The summed E-state index contributed by atoms with van der Waals surface area (Å²) in [4.78, 5) is 18.5. The van der Waals surface area contributed by atoms with Gasteiger partial charge in [0.05, 0.1) is 34.3 Å². The number of alkyl halides is 5. The Labute approximate surface area is 311 Å². The number of aromatic nitrogens is 5. The highest BCUT2D eigenvalue weighted by Gasteiger charge is 2.51. The lowest BCUT2D eigenvalue weighted by Gasteiger charge is -2.23. The normalized spacial score (nSPS) is 14.6. The van der Waals surface area contributed by atoms with Crippen LogP contribution in [-0.4, -0.2) is 59.3 Å². The van der Waals surface area contributed by atoms with Crippen molar-refractivity contribution in [3.8, 4) is 11.1 Å². The topological polar surface area (TPSA) is 139 Å². The zero-order valence-corrected chi connectivity index (χ0v) is 30.7. The van der Waals surface area contributed by atoms with E-state index in [4.69, 9.17) is 11.6 Å². The fourth-order valence-corrected chi connectivity index (χ4v) is 6.94. The molecule has 0 bridgehead atoms. The van der Waals surface area contributed by atoms with Gasteiger partial charge in [0, 0.05) is 49.0 Å². The van der Waals surface area contributed by atoms with Crippen molar-refractivity contribution in [2.45, 2.75) is 51.3 Å². The molecule has 6 rings (SSSR count). The van der Waals surface area contributed by atoms with Crippen molar-refractivity contribution >= 4 is 51.2 Å². The molecule has 2 atom stereocenters.